The van der Waals surface area contributed by atoms with Crippen LogP contribution >= 0.6 is 23.2 Å². The Bertz CT molecular complexity index is 627. The van der Waals surface area contributed by atoms with Crippen molar-refractivity contribution < 1.29 is 4.79 Å². The van der Waals surface area contributed by atoms with Gasteiger partial charge in [0.1, 0.15) is 0 Å². The molecule has 0 spiro atoms. The fraction of sp³-hybridized carbons (Fsp3) is 0.167. The molecule has 6 nitrogen and oxygen atoms in total. The molecule has 0 aliphatic rings. The van der Waals surface area contributed by atoms with Crippen LogP contribution in [0.2, 0.25) is 10.0 Å². The van der Waals surface area contributed by atoms with Gasteiger partial charge >= 0.3 is 0 Å². The summed E-state index contributed by atoms with van der Waals surface area (Å²) in [6.45, 7) is 1.75. The fourth-order valence-electron chi connectivity index (χ4n) is 1.49. The van der Waals surface area contributed by atoms with Crippen molar-refractivity contribution in [1.82, 2.24) is 25.9 Å². The maximum atomic E-state index is 11.8. The Balaban J connectivity index is 2.00. The average Bonchev–Trinajstić information content (AvgIpc) is 2.94. The van der Waals surface area contributed by atoms with E-state index >= 15 is 0 Å². The summed E-state index contributed by atoms with van der Waals surface area (Å²) in [7, 11) is 0. The number of H-pyrrole nitrogens is 1. The summed E-state index contributed by atoms with van der Waals surface area (Å²) >= 11 is 11.9. The Labute approximate surface area is 125 Å². The second-order valence-electron chi connectivity index (χ2n) is 4.00. The van der Waals surface area contributed by atoms with Gasteiger partial charge in [-0.3, -0.25) is 4.79 Å². The maximum Gasteiger partial charge on any atom is 0.244 e. The number of aromatic nitrogens is 4. The van der Waals surface area contributed by atoms with Gasteiger partial charge in [-0.2, -0.15) is 5.21 Å². The molecule has 2 N–H and O–H groups in total. The van der Waals surface area contributed by atoms with Crippen molar-refractivity contribution in [3.63, 3.8) is 0 Å². The first-order valence-corrected chi connectivity index (χ1v) is 6.49. The molecule has 1 aromatic heterocycles. The fourth-order valence-corrected chi connectivity index (χ4v) is 1.85. The van der Waals surface area contributed by atoms with Gasteiger partial charge in [-0.15, -0.1) is 10.2 Å². The molecule has 2 aromatic rings. The SMILES string of the molecule is CC(NC(=O)C=Cc1cc(Cl)ccc1Cl)c1nn[nH]n1. The molecule has 0 fully saturated rings. The van der Waals surface area contributed by atoms with E-state index in [1.165, 1.54) is 6.08 Å². The molecule has 1 heterocycles. The molecule has 0 aliphatic carbocycles. The van der Waals surface area contributed by atoms with Crippen LogP contribution in [0.3, 0.4) is 0 Å². The molecule has 20 heavy (non-hydrogen) atoms. The second kappa shape index (κ2) is 6.49. The van der Waals surface area contributed by atoms with Gasteiger partial charge in [-0.1, -0.05) is 28.4 Å². The van der Waals surface area contributed by atoms with Gasteiger partial charge in [-0.05, 0) is 36.8 Å². The highest BCUT2D eigenvalue weighted by atomic mass is 35.5. The van der Waals surface area contributed by atoms with Crippen LogP contribution in [0.4, 0.5) is 0 Å². The number of carbonyl (C=O) groups is 1. The van der Waals surface area contributed by atoms with Crippen molar-refractivity contribution >= 4 is 35.2 Å². The summed E-state index contributed by atoms with van der Waals surface area (Å²) in [6.07, 6.45) is 2.96. The monoisotopic (exact) mass is 311 g/mol. The molecular formula is C12H11Cl2N5O. The highest BCUT2D eigenvalue weighted by Crippen LogP contribution is 2.21. The van der Waals surface area contributed by atoms with Crippen molar-refractivity contribution in [2.24, 2.45) is 0 Å². The van der Waals surface area contributed by atoms with E-state index in [1.54, 1.807) is 31.2 Å². The third-order valence-corrected chi connectivity index (χ3v) is 3.06. The molecule has 0 radical (unpaired) electrons. The summed E-state index contributed by atoms with van der Waals surface area (Å²) in [5, 5.41) is 17.1. The second-order valence-corrected chi connectivity index (χ2v) is 4.84. The lowest BCUT2D eigenvalue weighted by atomic mass is 10.2. The number of nitrogens with zero attached hydrogens (tertiary/aromatic N) is 3. The van der Waals surface area contributed by atoms with Crippen LogP contribution in [0.5, 0.6) is 0 Å². The van der Waals surface area contributed by atoms with Gasteiger partial charge in [0.2, 0.25) is 5.91 Å². The van der Waals surface area contributed by atoms with Crippen LogP contribution in [0, 0.1) is 0 Å². The van der Waals surface area contributed by atoms with E-state index in [0.29, 0.717) is 21.4 Å². The number of aromatic amines is 1. The predicted octanol–water partition coefficient (Wildman–Crippen LogP) is 2.40. The Hall–Kier alpha value is -1.92. The van der Waals surface area contributed by atoms with Crippen molar-refractivity contribution in [3.05, 3.63) is 45.7 Å². The first-order chi connectivity index (χ1) is 9.56. The molecule has 0 bridgehead atoms. The van der Waals surface area contributed by atoms with E-state index in [-0.39, 0.29) is 11.9 Å². The van der Waals surface area contributed by atoms with Crippen LogP contribution in [0.25, 0.3) is 6.08 Å². The molecule has 8 heteroatoms. The number of amides is 1. The number of carbonyl (C=O) groups excluding carboxylic acids is 1. The number of hydrogen-bond donors (Lipinski definition) is 2. The molecule has 0 saturated carbocycles. The van der Waals surface area contributed by atoms with Gasteiger partial charge in [0.25, 0.3) is 0 Å². The number of hydrogen-bond acceptors (Lipinski definition) is 4. The third-order valence-electron chi connectivity index (χ3n) is 2.48. The third kappa shape index (κ3) is 3.79. The first-order valence-electron chi connectivity index (χ1n) is 5.73. The molecule has 1 atom stereocenters. The van der Waals surface area contributed by atoms with Crippen molar-refractivity contribution in [2.45, 2.75) is 13.0 Å². The van der Waals surface area contributed by atoms with E-state index in [2.05, 4.69) is 25.9 Å². The molecule has 0 saturated heterocycles. The number of tetrazole rings is 1. The van der Waals surface area contributed by atoms with Crippen LogP contribution in [-0.4, -0.2) is 26.5 Å². The number of nitrogens with one attached hydrogen (secondary N) is 2. The Morgan fingerprint density at radius 3 is 2.95 bits per heavy atom. The van der Waals surface area contributed by atoms with Crippen LogP contribution < -0.4 is 5.32 Å². The van der Waals surface area contributed by atoms with Gasteiger partial charge in [0, 0.05) is 16.1 Å². The molecule has 1 aromatic carbocycles. The molecule has 1 unspecified atom stereocenters. The lowest BCUT2D eigenvalue weighted by Gasteiger charge is -2.07. The average molecular weight is 312 g/mol. The molecule has 1 amide bonds. The summed E-state index contributed by atoms with van der Waals surface area (Å²) in [6, 6.07) is 4.68. The smallest absolute Gasteiger partial charge is 0.244 e. The lowest BCUT2D eigenvalue weighted by Crippen LogP contribution is -2.25. The van der Waals surface area contributed by atoms with Crippen LogP contribution in [0.15, 0.2) is 24.3 Å². The van der Waals surface area contributed by atoms with Gasteiger partial charge in [-0.25, -0.2) is 0 Å². The van der Waals surface area contributed by atoms with Crippen molar-refractivity contribution in [3.8, 4) is 0 Å². The van der Waals surface area contributed by atoms with Crippen molar-refractivity contribution in [2.75, 3.05) is 0 Å². The number of halogens is 2. The van der Waals surface area contributed by atoms with Gasteiger partial charge < -0.3 is 5.32 Å². The summed E-state index contributed by atoms with van der Waals surface area (Å²) < 4.78 is 0. The molecular weight excluding hydrogens is 301 g/mol. The summed E-state index contributed by atoms with van der Waals surface area (Å²) in [5.74, 6) is 0.117. The van der Waals surface area contributed by atoms with E-state index in [1.807, 2.05) is 0 Å². The van der Waals surface area contributed by atoms with Crippen LogP contribution in [-0.2, 0) is 4.79 Å². The van der Waals surface area contributed by atoms with E-state index < -0.39 is 0 Å². The minimum atomic E-state index is -0.347. The number of rotatable bonds is 4. The number of benzene rings is 1. The zero-order valence-electron chi connectivity index (χ0n) is 10.5. The quantitative estimate of drug-likeness (QED) is 0.849. The molecule has 2 rings (SSSR count). The highest BCUT2D eigenvalue weighted by molar-refractivity contribution is 6.34. The molecule has 104 valence electrons. The largest absolute Gasteiger partial charge is 0.343 e. The topological polar surface area (TPSA) is 83.6 Å². The summed E-state index contributed by atoms with van der Waals surface area (Å²) in [5.41, 5.74) is 0.668. The Kier molecular flexibility index (Phi) is 4.70. The van der Waals surface area contributed by atoms with E-state index in [4.69, 9.17) is 23.2 Å². The van der Waals surface area contributed by atoms with Gasteiger partial charge in [0.15, 0.2) is 5.82 Å². The summed E-state index contributed by atoms with van der Waals surface area (Å²) in [4.78, 5) is 11.8. The van der Waals surface area contributed by atoms with Crippen LogP contribution in [0.1, 0.15) is 24.4 Å². The zero-order valence-corrected chi connectivity index (χ0v) is 12.0. The maximum absolute atomic E-state index is 11.8. The predicted molar refractivity (Wildman–Crippen MR) is 76.2 cm³/mol. The highest BCUT2D eigenvalue weighted by Gasteiger charge is 2.11. The normalized spacial score (nSPS) is 12.6. The van der Waals surface area contributed by atoms with Crippen molar-refractivity contribution in [1.29, 1.82) is 0 Å². The minimum absolute atomic E-state index is 0.293. The molecule has 0 aliphatic heterocycles. The Morgan fingerprint density at radius 1 is 1.45 bits per heavy atom. The van der Waals surface area contributed by atoms with Gasteiger partial charge in [0.05, 0.1) is 6.04 Å². The zero-order chi connectivity index (χ0) is 14.5. The lowest BCUT2D eigenvalue weighted by molar-refractivity contribution is -0.117. The van der Waals surface area contributed by atoms with E-state index in [9.17, 15) is 4.79 Å². The first kappa shape index (κ1) is 14.5. The minimum Gasteiger partial charge on any atom is -0.343 e. The Morgan fingerprint density at radius 2 is 2.25 bits per heavy atom. The standard InChI is InChI=1S/C12H11Cl2N5O/c1-7(12-16-18-19-17-12)15-11(20)5-2-8-6-9(13)3-4-10(8)14/h2-7H,1H3,(H,15,20)(H,16,17,18,19). The van der Waals surface area contributed by atoms with E-state index in [0.717, 1.165) is 0 Å².